The second-order valence-corrected chi connectivity index (χ2v) is 17.7. The van der Waals surface area contributed by atoms with Crippen molar-refractivity contribution in [3.8, 4) is 0 Å². The number of nitrogens with zero attached hydrogens (tertiary/aromatic N) is 4. The van der Waals surface area contributed by atoms with Crippen LogP contribution in [-0.2, 0) is 35.8 Å². The molecular weight excluding hydrogens is 741 g/mol. The van der Waals surface area contributed by atoms with Crippen LogP contribution in [0.15, 0.2) is 121 Å². The minimum Gasteiger partial charge on any atom is -0.741 e. The van der Waals surface area contributed by atoms with Gasteiger partial charge in [-0.05, 0) is 33.2 Å². The molecule has 304 valence electrons. The molecular formula is C44H58F4N4O3S+2. The minimum absolute atomic E-state index is 0. The van der Waals surface area contributed by atoms with Crippen LogP contribution in [0.4, 0.5) is 17.7 Å². The zero-order chi connectivity index (χ0) is 39.3. The van der Waals surface area contributed by atoms with Crippen LogP contribution in [0.25, 0.3) is 0 Å². The maximum absolute atomic E-state index is 15.7. The number of quaternary nitrogens is 3. The van der Waals surface area contributed by atoms with Crippen molar-refractivity contribution in [2.24, 2.45) is 0 Å². The highest BCUT2D eigenvalue weighted by Gasteiger charge is 2.60. The lowest BCUT2D eigenvalue weighted by molar-refractivity contribution is -1.17. The first-order valence-corrected chi connectivity index (χ1v) is 20.6. The lowest BCUT2D eigenvalue weighted by atomic mass is 9.90. The number of hydrogen-bond donors (Lipinski definition) is 0. The average Bonchev–Trinajstić information content (AvgIpc) is 3.15. The molecule has 4 bridgehead atoms. The normalized spacial score (nSPS) is 30.5. The number of alkyl halides is 3. The fourth-order valence-electron chi connectivity index (χ4n) is 9.22. The number of rotatable bonds is 8. The quantitative estimate of drug-likeness (QED) is 0.0631. The molecule has 0 aromatic heterocycles. The van der Waals surface area contributed by atoms with Gasteiger partial charge in [0.2, 0.25) is 0 Å². The number of hydrogen-bond acceptors (Lipinski definition) is 4. The molecule has 4 aromatic carbocycles. The maximum atomic E-state index is 15.7. The summed E-state index contributed by atoms with van der Waals surface area (Å²) in [5, 5.41) is 0. The van der Waals surface area contributed by atoms with Crippen LogP contribution >= 0.6 is 0 Å². The van der Waals surface area contributed by atoms with Crippen LogP contribution in [0.3, 0.4) is 0 Å². The predicted octanol–water partition coefficient (Wildman–Crippen LogP) is 7.06. The number of halogens is 4. The highest BCUT2D eigenvalue weighted by atomic mass is 32.2. The first kappa shape index (κ1) is 43.5. The number of likely N-dealkylation sites (N-methyl/N-ethyl adjacent to an activating group) is 2. The molecule has 4 aromatic rings. The van der Waals surface area contributed by atoms with Crippen LogP contribution in [0.2, 0.25) is 0 Å². The Morgan fingerprint density at radius 3 is 1.43 bits per heavy atom. The molecule has 0 N–H and O–H groups in total. The summed E-state index contributed by atoms with van der Waals surface area (Å²) in [5.41, 5.74) is -0.0745. The molecule has 0 spiro atoms. The Kier molecular flexibility index (Phi) is 13.9. The van der Waals surface area contributed by atoms with Gasteiger partial charge >= 0.3 is 5.51 Å². The van der Waals surface area contributed by atoms with E-state index in [-0.39, 0.29) is 18.2 Å². The summed E-state index contributed by atoms with van der Waals surface area (Å²) in [5.74, 6) is 0. The van der Waals surface area contributed by atoms with Crippen LogP contribution in [0.5, 0.6) is 0 Å². The van der Waals surface area contributed by atoms with E-state index in [1.807, 2.05) is 6.07 Å². The zero-order valence-corrected chi connectivity index (χ0v) is 32.6. The molecule has 0 saturated carbocycles. The van der Waals surface area contributed by atoms with Gasteiger partial charge in [-0.3, -0.25) is 4.90 Å². The van der Waals surface area contributed by atoms with E-state index in [2.05, 4.69) is 134 Å². The summed E-state index contributed by atoms with van der Waals surface area (Å²) < 4.78 is 76.7. The smallest absolute Gasteiger partial charge is 0.485 e. The molecule has 8 unspecified atom stereocenters. The van der Waals surface area contributed by atoms with Gasteiger partial charge in [-0.2, -0.15) is 13.2 Å². The Balaban J connectivity index is 0.000000178. The van der Waals surface area contributed by atoms with Crippen molar-refractivity contribution in [3.63, 3.8) is 0 Å². The lowest BCUT2D eigenvalue weighted by Crippen LogP contribution is -2.79. The van der Waals surface area contributed by atoms with Crippen molar-refractivity contribution in [3.05, 3.63) is 144 Å². The van der Waals surface area contributed by atoms with Crippen LogP contribution < -0.4 is 0 Å². The molecule has 56 heavy (non-hydrogen) atoms. The minimum atomic E-state index is -6.09. The van der Waals surface area contributed by atoms with Gasteiger partial charge in [0.05, 0.1) is 39.8 Å². The molecule has 6 aliphatic heterocycles. The molecule has 0 radical (unpaired) electrons. The van der Waals surface area contributed by atoms with Gasteiger partial charge in [0.25, 0.3) is 0 Å². The van der Waals surface area contributed by atoms with Crippen molar-refractivity contribution in [2.75, 3.05) is 66.5 Å². The first-order chi connectivity index (χ1) is 26.1. The number of benzene rings is 4. The number of fused-ring (bicyclic) bond motifs is 6. The topological polar surface area (TPSA) is 60.4 Å². The summed E-state index contributed by atoms with van der Waals surface area (Å²) in [4.78, 5) is 2.75. The zero-order valence-electron chi connectivity index (χ0n) is 31.8. The highest BCUT2D eigenvalue weighted by molar-refractivity contribution is 7.86. The monoisotopic (exact) mass is 798 g/mol. The van der Waals surface area contributed by atoms with Crippen molar-refractivity contribution in [1.82, 2.24) is 4.90 Å². The van der Waals surface area contributed by atoms with Gasteiger partial charge in [-0.25, -0.2) is 8.42 Å². The van der Waals surface area contributed by atoms with E-state index in [1.54, 1.807) is 0 Å². The lowest BCUT2D eigenvalue weighted by Gasteiger charge is -2.57. The van der Waals surface area contributed by atoms with Crippen molar-refractivity contribution in [1.29, 1.82) is 0 Å². The Labute approximate surface area is 331 Å². The molecule has 6 aliphatic rings. The van der Waals surface area contributed by atoms with Gasteiger partial charge in [-0.15, -0.1) is 4.71 Å². The third-order valence-corrected chi connectivity index (χ3v) is 13.1. The van der Waals surface area contributed by atoms with Crippen LogP contribution in [0.1, 0.15) is 29.7 Å². The predicted molar refractivity (Wildman–Crippen MR) is 213 cm³/mol. The van der Waals surface area contributed by atoms with E-state index in [0.717, 1.165) is 36.5 Å². The van der Waals surface area contributed by atoms with Gasteiger partial charge < -0.3 is 13.5 Å². The third kappa shape index (κ3) is 10.6. The fourth-order valence-corrected chi connectivity index (χ4v) is 9.22. The van der Waals surface area contributed by atoms with Gasteiger partial charge in [0, 0.05) is 25.8 Å². The molecule has 12 heteroatoms. The van der Waals surface area contributed by atoms with E-state index < -0.39 is 15.6 Å². The number of piperazine rings is 6. The van der Waals surface area contributed by atoms with E-state index in [1.165, 1.54) is 65.8 Å². The fraction of sp³-hybridized carbons (Fsp3) is 0.455. The van der Waals surface area contributed by atoms with Gasteiger partial charge in [0.15, 0.2) is 29.2 Å². The molecule has 7 nitrogen and oxygen atoms in total. The Morgan fingerprint density at radius 1 is 0.607 bits per heavy atom. The molecule has 6 saturated heterocycles. The molecule has 0 aliphatic carbocycles. The van der Waals surface area contributed by atoms with Crippen molar-refractivity contribution in [2.45, 2.75) is 62.8 Å². The highest BCUT2D eigenvalue weighted by Crippen LogP contribution is 2.38. The second-order valence-electron chi connectivity index (χ2n) is 16.4. The molecule has 6 fully saturated rings. The summed E-state index contributed by atoms with van der Waals surface area (Å²) >= 11 is 0. The second kappa shape index (κ2) is 17.9. The van der Waals surface area contributed by atoms with Crippen molar-refractivity contribution < 1.29 is 44.3 Å². The van der Waals surface area contributed by atoms with E-state index in [4.69, 9.17) is 13.0 Å². The largest absolute Gasteiger partial charge is 0.741 e. The molecule has 8 atom stereocenters. The van der Waals surface area contributed by atoms with Crippen molar-refractivity contribution >= 4 is 10.1 Å². The van der Waals surface area contributed by atoms with E-state index >= 15 is 4.48 Å². The van der Waals surface area contributed by atoms with Crippen LogP contribution in [0, 0.1) is 0 Å². The van der Waals surface area contributed by atoms with Gasteiger partial charge in [-0.1, -0.05) is 129 Å². The molecule has 10 rings (SSSR count). The third-order valence-electron chi connectivity index (χ3n) is 12.6. The van der Waals surface area contributed by atoms with E-state index in [9.17, 15) is 13.2 Å². The Hall–Kier alpha value is -3.65. The Bertz CT molecular complexity index is 1870. The van der Waals surface area contributed by atoms with Gasteiger partial charge in [0.1, 0.15) is 25.2 Å². The van der Waals surface area contributed by atoms with Crippen LogP contribution in [-0.4, -0.2) is 128 Å². The van der Waals surface area contributed by atoms with E-state index in [0.29, 0.717) is 25.2 Å². The summed E-state index contributed by atoms with van der Waals surface area (Å²) in [7, 11) is -1.26. The molecule has 6 heterocycles. The summed E-state index contributed by atoms with van der Waals surface area (Å²) in [6.07, 6.45) is 4.25. The standard InChI is InChI=1S/C21H27FN2.C21H27N2.CHF3O3S.CH4/c1-23-12-13-24(22,17-20(23)14-18-8-4-2-5-9-18)21(16-23)15-19-10-6-3-7-11-19;1-23-13-12-22(16-21(23)15-19-10-6-3-7-11-19)20(17-23)14-18-8-4-2-5-9-18;2-1(3,4)8(5,6)7;/h2-11,20-21H,12-17H2,1H3;2-11,20-21H,12-17H2,1H3;(H,5,6,7);1H4/q+2;+1;;/p-1. The summed E-state index contributed by atoms with van der Waals surface area (Å²) in [6, 6.07) is 45.0. The average molecular weight is 799 g/mol. The SMILES string of the molecule is C.C[N+]12CCN(CC1Cc1ccccc1)C(Cc1ccccc1)C2.C[N+]12CC[N+](F)(CC1Cc1ccccc1)C(Cc1ccccc1)C2.O=S(=O)([O-])C(F)(F)F. The molecule has 0 amide bonds. The summed E-state index contributed by atoms with van der Waals surface area (Å²) in [6.45, 7) is 8.35. The maximum Gasteiger partial charge on any atom is 0.485 e. The first-order valence-electron chi connectivity index (χ1n) is 19.2. The Morgan fingerprint density at radius 2 is 1.00 bits per heavy atom.